The minimum absolute atomic E-state index is 0.0588. The predicted molar refractivity (Wildman–Crippen MR) is 175 cm³/mol. The fourth-order valence-corrected chi connectivity index (χ4v) is 6.08. The van der Waals surface area contributed by atoms with Crippen molar-refractivity contribution in [3.63, 3.8) is 0 Å². The Morgan fingerprint density at radius 1 is 1.07 bits per heavy atom. The topological polar surface area (TPSA) is 113 Å². The summed E-state index contributed by atoms with van der Waals surface area (Å²) in [5, 5.41) is 11.8. The Hall–Kier alpha value is -4.28. The number of aromatic carboxylic acids is 1. The molecule has 0 aromatic heterocycles. The van der Waals surface area contributed by atoms with Gasteiger partial charge in [-0.05, 0) is 85.6 Å². The molecule has 1 aliphatic rings. The van der Waals surface area contributed by atoms with E-state index < -0.39 is 43.7 Å². The first kappa shape index (κ1) is 33.6. The van der Waals surface area contributed by atoms with Crippen LogP contribution in [0.2, 0.25) is 23.2 Å². The molecular formula is C34H36ClFN2O6Si. The SMILES string of the molecule is CC(=O)c1ccc(Cl)c(F)c1C=CC(=O)N1CCc2c(O[Si](C)(C)C(C)(C)C)cccc2C1C(=O)Nc1ccc(C(=O)O)cc1. The van der Waals surface area contributed by atoms with E-state index in [1.807, 2.05) is 6.07 Å². The van der Waals surface area contributed by atoms with E-state index in [0.717, 1.165) is 11.6 Å². The van der Waals surface area contributed by atoms with Crippen LogP contribution in [0, 0.1) is 5.82 Å². The lowest BCUT2D eigenvalue weighted by atomic mass is 9.91. The Morgan fingerprint density at radius 3 is 2.33 bits per heavy atom. The van der Waals surface area contributed by atoms with Gasteiger partial charge in [-0.25, -0.2) is 9.18 Å². The Bertz CT molecular complexity index is 1700. The molecule has 0 fully saturated rings. The number of nitrogens with zero attached hydrogens (tertiary/aromatic N) is 1. The summed E-state index contributed by atoms with van der Waals surface area (Å²) in [5.74, 6) is -2.77. The molecule has 45 heavy (non-hydrogen) atoms. The van der Waals surface area contributed by atoms with Gasteiger partial charge in [0.2, 0.25) is 14.2 Å². The van der Waals surface area contributed by atoms with E-state index in [2.05, 4.69) is 39.2 Å². The number of carboxylic acid groups (broad SMARTS) is 1. The monoisotopic (exact) mass is 650 g/mol. The molecule has 0 saturated heterocycles. The third-order valence-electron chi connectivity index (χ3n) is 8.38. The van der Waals surface area contributed by atoms with Crippen molar-refractivity contribution in [1.29, 1.82) is 0 Å². The van der Waals surface area contributed by atoms with Gasteiger partial charge >= 0.3 is 5.97 Å². The Morgan fingerprint density at radius 2 is 1.73 bits per heavy atom. The predicted octanol–water partition coefficient (Wildman–Crippen LogP) is 7.54. The standard InChI is InChI=1S/C34H36ClFN2O6Si/c1-20(39)23-14-16-27(35)30(36)25(23)15-17-29(40)38-19-18-24-26(8-7-9-28(24)44-45(5,6)34(2,3)4)31(38)32(41)37-22-12-10-21(11-13-22)33(42)43/h7-17,31H,18-19H2,1-6H3,(H,37,41)(H,42,43). The number of benzene rings is 3. The fourth-order valence-electron chi connectivity index (χ4n) is 4.87. The van der Waals surface area contributed by atoms with Crippen molar-refractivity contribution in [2.24, 2.45) is 0 Å². The maximum Gasteiger partial charge on any atom is 0.335 e. The van der Waals surface area contributed by atoms with E-state index in [9.17, 15) is 28.7 Å². The van der Waals surface area contributed by atoms with Crippen LogP contribution in [0.25, 0.3) is 6.08 Å². The largest absolute Gasteiger partial charge is 0.543 e. The van der Waals surface area contributed by atoms with Gasteiger partial charge in [0.1, 0.15) is 17.6 Å². The van der Waals surface area contributed by atoms with Crippen molar-refractivity contribution in [3.8, 4) is 5.75 Å². The summed E-state index contributed by atoms with van der Waals surface area (Å²) in [5.41, 5.74) is 1.75. The van der Waals surface area contributed by atoms with Gasteiger partial charge in [0.05, 0.1) is 10.6 Å². The van der Waals surface area contributed by atoms with Crippen molar-refractivity contribution >= 4 is 55.2 Å². The molecule has 1 heterocycles. The van der Waals surface area contributed by atoms with Crippen LogP contribution < -0.4 is 9.74 Å². The second kappa shape index (κ2) is 13.0. The molecule has 2 N–H and O–H groups in total. The van der Waals surface area contributed by atoms with E-state index in [4.69, 9.17) is 16.0 Å². The number of carboxylic acids is 1. The number of rotatable bonds is 8. The quantitative estimate of drug-likeness (QED) is 0.148. The highest BCUT2D eigenvalue weighted by Gasteiger charge is 2.41. The third kappa shape index (κ3) is 7.18. The van der Waals surface area contributed by atoms with Crippen LogP contribution in [0.3, 0.4) is 0 Å². The van der Waals surface area contributed by atoms with Gasteiger partial charge in [0.15, 0.2) is 5.78 Å². The Labute approximate surface area is 268 Å². The highest BCUT2D eigenvalue weighted by Crippen LogP contribution is 2.41. The van der Waals surface area contributed by atoms with E-state index in [1.54, 1.807) is 12.1 Å². The summed E-state index contributed by atoms with van der Waals surface area (Å²) in [6, 6.07) is 12.7. The van der Waals surface area contributed by atoms with E-state index >= 15 is 0 Å². The van der Waals surface area contributed by atoms with Crippen molar-refractivity contribution in [2.75, 3.05) is 11.9 Å². The first-order valence-corrected chi connectivity index (χ1v) is 17.7. The molecule has 2 amide bonds. The first-order chi connectivity index (χ1) is 21.0. The average Bonchev–Trinajstić information content (AvgIpc) is 2.96. The summed E-state index contributed by atoms with van der Waals surface area (Å²) in [4.78, 5) is 52.5. The smallest absolute Gasteiger partial charge is 0.335 e. The maximum absolute atomic E-state index is 14.9. The number of halogens is 2. The molecule has 8 nitrogen and oxygen atoms in total. The molecule has 1 atom stereocenters. The zero-order chi connectivity index (χ0) is 33.3. The molecule has 0 aliphatic carbocycles. The molecule has 1 aliphatic heterocycles. The van der Waals surface area contributed by atoms with Gasteiger partial charge < -0.3 is 19.7 Å². The Kier molecular flexibility index (Phi) is 9.70. The zero-order valence-electron chi connectivity index (χ0n) is 26.0. The average molecular weight is 651 g/mol. The molecule has 3 aromatic carbocycles. The lowest BCUT2D eigenvalue weighted by Gasteiger charge is -2.40. The highest BCUT2D eigenvalue weighted by atomic mass is 35.5. The zero-order valence-corrected chi connectivity index (χ0v) is 27.8. The minimum atomic E-state index is -2.26. The lowest BCUT2D eigenvalue weighted by Crippen LogP contribution is -2.46. The number of ketones is 1. The van der Waals surface area contributed by atoms with Crippen LogP contribution in [-0.2, 0) is 16.0 Å². The molecular weight excluding hydrogens is 615 g/mol. The van der Waals surface area contributed by atoms with E-state index in [-0.39, 0.29) is 33.3 Å². The lowest BCUT2D eigenvalue weighted by molar-refractivity contribution is -0.135. The molecule has 0 bridgehead atoms. The van der Waals surface area contributed by atoms with Crippen molar-refractivity contribution < 1.29 is 33.1 Å². The third-order valence-corrected chi connectivity index (χ3v) is 13.0. The van der Waals surface area contributed by atoms with Gasteiger partial charge in [-0.15, -0.1) is 0 Å². The fraction of sp³-hybridized carbons (Fsp3) is 0.294. The highest BCUT2D eigenvalue weighted by molar-refractivity contribution is 6.74. The number of carbonyl (C=O) groups is 4. The molecule has 11 heteroatoms. The molecule has 3 aromatic rings. The minimum Gasteiger partial charge on any atom is -0.543 e. The van der Waals surface area contributed by atoms with E-state index in [1.165, 1.54) is 54.3 Å². The van der Waals surface area contributed by atoms with Crippen LogP contribution in [0.1, 0.15) is 71.1 Å². The van der Waals surface area contributed by atoms with Gasteiger partial charge in [-0.3, -0.25) is 14.4 Å². The molecule has 1 unspecified atom stereocenters. The van der Waals surface area contributed by atoms with Crippen LogP contribution in [0.5, 0.6) is 5.75 Å². The van der Waals surface area contributed by atoms with Gasteiger partial charge in [0, 0.05) is 35.0 Å². The summed E-state index contributed by atoms with van der Waals surface area (Å²) < 4.78 is 21.6. The van der Waals surface area contributed by atoms with Crippen LogP contribution in [-0.4, -0.2) is 48.4 Å². The van der Waals surface area contributed by atoms with Gasteiger partial charge in [-0.2, -0.15) is 0 Å². The molecule has 236 valence electrons. The van der Waals surface area contributed by atoms with Crippen molar-refractivity contribution in [2.45, 2.75) is 58.3 Å². The van der Waals surface area contributed by atoms with Crippen LogP contribution in [0.15, 0.2) is 60.7 Å². The number of hydrogen-bond donors (Lipinski definition) is 2. The number of amides is 2. The summed E-state index contributed by atoms with van der Waals surface area (Å²) in [6.45, 7) is 12.1. The number of nitrogens with one attached hydrogen (secondary N) is 1. The number of Topliss-reactive ketones (excluding diaryl/α,β-unsaturated/α-hetero) is 1. The maximum atomic E-state index is 14.9. The van der Waals surface area contributed by atoms with Crippen LogP contribution >= 0.6 is 11.6 Å². The van der Waals surface area contributed by atoms with E-state index in [0.29, 0.717) is 23.4 Å². The molecule has 0 radical (unpaired) electrons. The first-order valence-electron chi connectivity index (χ1n) is 14.4. The van der Waals surface area contributed by atoms with Crippen molar-refractivity contribution in [1.82, 2.24) is 4.90 Å². The second-order valence-electron chi connectivity index (χ2n) is 12.5. The summed E-state index contributed by atoms with van der Waals surface area (Å²) in [7, 11) is -2.26. The molecule has 0 saturated carbocycles. The van der Waals surface area contributed by atoms with Gasteiger partial charge in [-0.1, -0.05) is 44.5 Å². The number of carbonyl (C=O) groups excluding carboxylic acids is 3. The summed E-state index contributed by atoms with van der Waals surface area (Å²) >= 11 is 5.96. The summed E-state index contributed by atoms with van der Waals surface area (Å²) in [6.07, 6.45) is 2.73. The number of hydrogen-bond acceptors (Lipinski definition) is 5. The number of fused-ring (bicyclic) bond motifs is 1. The second-order valence-corrected chi connectivity index (χ2v) is 17.6. The molecule has 4 rings (SSSR count). The van der Waals surface area contributed by atoms with Crippen molar-refractivity contribution in [3.05, 3.63) is 99.3 Å². The van der Waals surface area contributed by atoms with Crippen LogP contribution in [0.4, 0.5) is 10.1 Å². The number of anilines is 1. The van der Waals surface area contributed by atoms with Gasteiger partial charge in [0.25, 0.3) is 5.91 Å². The normalized spacial score (nSPS) is 15.0. The molecule has 0 spiro atoms. The Balaban J connectivity index is 1.75.